The topological polar surface area (TPSA) is 88.8 Å². The van der Waals surface area contributed by atoms with Gasteiger partial charge in [-0.25, -0.2) is 4.79 Å². The molecule has 0 atom stereocenters. The average Bonchev–Trinajstić information content (AvgIpc) is 1.97. The number of anilines is 1. The highest BCUT2D eigenvalue weighted by atomic mass is 16.1. The maximum atomic E-state index is 11.5. The van der Waals surface area contributed by atoms with Crippen molar-refractivity contribution in [3.05, 3.63) is 21.7 Å². The monoisotopic (exact) mass is 207 g/mol. The summed E-state index contributed by atoms with van der Waals surface area (Å²) in [5.74, 6) is 0.361. The van der Waals surface area contributed by atoms with Crippen molar-refractivity contribution in [2.45, 2.75) is 32.1 Å². The van der Waals surface area contributed by atoms with Crippen molar-refractivity contribution < 1.29 is 4.79 Å². The quantitative estimate of drug-likeness (QED) is 0.633. The zero-order chi connectivity index (χ0) is 11.2. The third-order valence-corrected chi connectivity index (χ3v) is 2.73. The highest BCUT2D eigenvalue weighted by Crippen LogP contribution is 2.36. The Morgan fingerprint density at radius 2 is 2.07 bits per heavy atom. The van der Waals surface area contributed by atoms with Crippen LogP contribution in [0.25, 0.3) is 0 Å². The van der Waals surface area contributed by atoms with Crippen LogP contribution in [0, 0.1) is 0 Å². The van der Waals surface area contributed by atoms with Crippen molar-refractivity contribution in [1.29, 1.82) is 0 Å². The smallest absolute Gasteiger partial charge is 0.347 e. The van der Waals surface area contributed by atoms with Crippen LogP contribution in [0.5, 0.6) is 0 Å². The molecule has 5 heteroatoms. The molecule has 0 amide bonds. The van der Waals surface area contributed by atoms with Crippen molar-refractivity contribution in [1.82, 2.24) is 9.97 Å². The molecule has 15 heavy (non-hydrogen) atoms. The van der Waals surface area contributed by atoms with Gasteiger partial charge in [0.2, 0.25) is 0 Å². The number of carbonyl (C=O) groups excluding carboxylic acids is 1. The fourth-order valence-electron chi connectivity index (χ4n) is 2.27. The Labute approximate surface area is 86.7 Å². The molecule has 0 fully saturated rings. The zero-order valence-electron chi connectivity index (χ0n) is 8.76. The van der Waals surface area contributed by atoms with E-state index in [0.717, 1.165) is 5.56 Å². The van der Waals surface area contributed by atoms with Gasteiger partial charge in [-0.2, -0.15) is 4.98 Å². The number of H-pyrrole nitrogens is 1. The molecule has 0 radical (unpaired) electrons. The molecule has 0 aromatic carbocycles. The minimum Gasteiger partial charge on any atom is -0.383 e. The Morgan fingerprint density at radius 1 is 1.40 bits per heavy atom. The van der Waals surface area contributed by atoms with Crippen LogP contribution in [0.1, 0.15) is 31.5 Å². The number of hydrogen-bond donors (Lipinski definition) is 2. The van der Waals surface area contributed by atoms with E-state index in [0.29, 0.717) is 12.1 Å². The molecule has 5 nitrogen and oxygen atoms in total. The zero-order valence-corrected chi connectivity index (χ0v) is 8.76. The van der Waals surface area contributed by atoms with Gasteiger partial charge in [0.15, 0.2) is 0 Å². The molecule has 0 unspecified atom stereocenters. The van der Waals surface area contributed by atoms with Crippen LogP contribution in [-0.4, -0.2) is 15.8 Å². The molecular weight excluding hydrogens is 194 g/mol. The Hall–Kier alpha value is -1.65. The van der Waals surface area contributed by atoms with E-state index >= 15 is 0 Å². The highest BCUT2D eigenvalue weighted by molar-refractivity contribution is 5.85. The summed E-state index contributed by atoms with van der Waals surface area (Å²) in [6.45, 7) is 3.86. The van der Waals surface area contributed by atoms with Gasteiger partial charge in [0.05, 0.1) is 0 Å². The third kappa shape index (κ3) is 1.54. The van der Waals surface area contributed by atoms with Gasteiger partial charge >= 0.3 is 5.69 Å². The molecule has 0 bridgehead atoms. The van der Waals surface area contributed by atoms with Gasteiger partial charge in [-0.05, 0) is 0 Å². The summed E-state index contributed by atoms with van der Waals surface area (Å²) in [4.78, 5) is 28.9. The van der Waals surface area contributed by atoms with E-state index < -0.39 is 5.69 Å². The molecule has 1 aromatic rings. The van der Waals surface area contributed by atoms with Crippen molar-refractivity contribution >= 4 is 11.6 Å². The average molecular weight is 207 g/mol. The Bertz CT molecular complexity index is 488. The van der Waals surface area contributed by atoms with E-state index in [-0.39, 0.29) is 23.4 Å². The number of nitrogens with two attached hydrogens (primary N) is 1. The number of hydrogen-bond acceptors (Lipinski definition) is 4. The number of aromatic nitrogens is 2. The van der Waals surface area contributed by atoms with Gasteiger partial charge in [0, 0.05) is 29.5 Å². The number of fused-ring (bicyclic) bond motifs is 1. The van der Waals surface area contributed by atoms with Gasteiger partial charge in [0.1, 0.15) is 11.6 Å². The number of ketones is 1. The van der Waals surface area contributed by atoms with E-state index in [2.05, 4.69) is 9.97 Å². The summed E-state index contributed by atoms with van der Waals surface area (Å²) in [5.41, 5.74) is 6.32. The second kappa shape index (κ2) is 2.92. The predicted molar refractivity (Wildman–Crippen MR) is 55.6 cm³/mol. The fraction of sp³-hybridized carbons (Fsp3) is 0.500. The molecule has 80 valence electrons. The van der Waals surface area contributed by atoms with Gasteiger partial charge in [0.25, 0.3) is 0 Å². The molecule has 3 N–H and O–H groups in total. The number of rotatable bonds is 0. The molecule has 1 heterocycles. The minimum atomic E-state index is -0.489. The molecule has 1 aliphatic rings. The summed E-state index contributed by atoms with van der Waals surface area (Å²) in [6, 6.07) is 0. The SMILES string of the molecule is CC1(C)CC(=O)Cc2[nH]c(=O)nc(N)c21. The molecule has 1 aliphatic carbocycles. The standard InChI is InChI=1S/C10H13N3O2/c1-10(2)4-5(14)3-6-7(10)8(11)13-9(15)12-6/h3-4H2,1-2H3,(H3,11,12,13,15). The minimum absolute atomic E-state index is 0.119. The lowest BCUT2D eigenvalue weighted by Crippen LogP contribution is -2.34. The van der Waals surface area contributed by atoms with Crippen LogP contribution in [0.15, 0.2) is 4.79 Å². The third-order valence-electron chi connectivity index (χ3n) is 2.73. The number of nitrogens with one attached hydrogen (secondary N) is 1. The highest BCUT2D eigenvalue weighted by Gasteiger charge is 2.34. The van der Waals surface area contributed by atoms with E-state index in [1.54, 1.807) is 0 Å². The summed E-state index contributed by atoms with van der Waals surface area (Å²) >= 11 is 0. The fourth-order valence-corrected chi connectivity index (χ4v) is 2.27. The summed E-state index contributed by atoms with van der Waals surface area (Å²) in [5, 5.41) is 0. The normalized spacial score (nSPS) is 18.7. The predicted octanol–water partition coefficient (Wildman–Crippen LogP) is 0.145. The summed E-state index contributed by atoms with van der Waals surface area (Å²) in [6.07, 6.45) is 0.693. The first-order valence-corrected chi connectivity index (χ1v) is 4.81. The van der Waals surface area contributed by atoms with Crippen LogP contribution >= 0.6 is 0 Å². The largest absolute Gasteiger partial charge is 0.383 e. The van der Waals surface area contributed by atoms with Gasteiger partial charge < -0.3 is 10.7 Å². The van der Waals surface area contributed by atoms with Crippen molar-refractivity contribution in [3.8, 4) is 0 Å². The lowest BCUT2D eigenvalue weighted by atomic mass is 9.74. The molecule has 0 saturated carbocycles. The van der Waals surface area contributed by atoms with Gasteiger partial charge in [-0.1, -0.05) is 13.8 Å². The van der Waals surface area contributed by atoms with Crippen LogP contribution in [0.3, 0.4) is 0 Å². The van der Waals surface area contributed by atoms with Crippen molar-refractivity contribution in [3.63, 3.8) is 0 Å². The molecule has 2 rings (SSSR count). The van der Waals surface area contributed by atoms with Gasteiger partial charge in [-0.3, -0.25) is 4.79 Å². The summed E-state index contributed by atoms with van der Waals surface area (Å²) in [7, 11) is 0. The molecule has 0 aliphatic heterocycles. The Kier molecular flexibility index (Phi) is 1.92. The van der Waals surface area contributed by atoms with Crippen molar-refractivity contribution in [2.75, 3.05) is 5.73 Å². The molecular formula is C10H13N3O2. The molecule has 0 saturated heterocycles. The van der Waals surface area contributed by atoms with E-state index in [9.17, 15) is 9.59 Å². The first kappa shape index (κ1) is 9.89. The Morgan fingerprint density at radius 3 is 2.73 bits per heavy atom. The van der Waals surface area contributed by atoms with Crippen LogP contribution in [-0.2, 0) is 16.6 Å². The molecule has 1 aromatic heterocycles. The van der Waals surface area contributed by atoms with E-state index in [1.807, 2.05) is 13.8 Å². The number of nitrogens with zero attached hydrogens (tertiary/aromatic N) is 1. The first-order valence-electron chi connectivity index (χ1n) is 4.81. The summed E-state index contributed by atoms with van der Waals surface area (Å²) < 4.78 is 0. The number of carbonyl (C=O) groups is 1. The first-order chi connectivity index (χ1) is 6.90. The van der Waals surface area contributed by atoms with Gasteiger partial charge in [-0.15, -0.1) is 0 Å². The lowest BCUT2D eigenvalue weighted by Gasteiger charge is -2.31. The van der Waals surface area contributed by atoms with Crippen LogP contribution in [0.2, 0.25) is 0 Å². The number of nitrogen functional groups attached to an aromatic ring is 1. The molecule has 0 spiro atoms. The Balaban J connectivity index is 2.72. The number of Topliss-reactive ketones (excluding diaryl/α,β-unsaturated/α-hetero) is 1. The van der Waals surface area contributed by atoms with Crippen LogP contribution < -0.4 is 11.4 Å². The number of aromatic amines is 1. The van der Waals surface area contributed by atoms with Crippen LogP contribution in [0.4, 0.5) is 5.82 Å². The second-order valence-electron chi connectivity index (χ2n) is 4.56. The van der Waals surface area contributed by atoms with E-state index in [4.69, 9.17) is 5.73 Å². The maximum absolute atomic E-state index is 11.5. The van der Waals surface area contributed by atoms with Crippen molar-refractivity contribution in [2.24, 2.45) is 0 Å². The lowest BCUT2D eigenvalue weighted by molar-refractivity contribution is -0.120. The van der Waals surface area contributed by atoms with E-state index in [1.165, 1.54) is 0 Å². The maximum Gasteiger partial charge on any atom is 0.347 e. The second-order valence-corrected chi connectivity index (χ2v) is 4.56.